The van der Waals surface area contributed by atoms with Crippen LogP contribution in [-0.2, 0) is 0 Å². The monoisotopic (exact) mass is 345 g/mol. The first-order chi connectivity index (χ1) is 12.5. The van der Waals surface area contributed by atoms with Gasteiger partial charge in [-0.05, 0) is 69.5 Å². The van der Waals surface area contributed by atoms with Gasteiger partial charge >= 0.3 is 0 Å². The van der Waals surface area contributed by atoms with Gasteiger partial charge in [-0.15, -0.1) is 0 Å². The minimum atomic E-state index is 0.700. The lowest BCUT2D eigenvalue weighted by atomic mass is 10.0. The van der Waals surface area contributed by atoms with Crippen molar-refractivity contribution in [1.82, 2.24) is 5.16 Å². The summed E-state index contributed by atoms with van der Waals surface area (Å²) in [5.74, 6) is 0.831. The second-order valence-corrected chi connectivity index (χ2v) is 6.53. The predicted molar refractivity (Wildman–Crippen MR) is 106 cm³/mol. The smallest absolute Gasteiger partial charge is 0.190 e. The molecule has 0 radical (unpaired) electrons. The second-order valence-electron chi connectivity index (χ2n) is 6.53. The number of anilines is 2. The van der Waals surface area contributed by atoms with Crippen molar-refractivity contribution in [2.75, 3.05) is 11.4 Å². The van der Waals surface area contributed by atoms with Gasteiger partial charge in [-0.1, -0.05) is 23.4 Å². The van der Waals surface area contributed by atoms with Gasteiger partial charge in [0.1, 0.15) is 5.76 Å². The van der Waals surface area contributed by atoms with Crippen LogP contribution >= 0.6 is 0 Å². The number of aromatic nitrogens is 1. The fourth-order valence-corrected chi connectivity index (χ4v) is 3.38. The van der Waals surface area contributed by atoms with Gasteiger partial charge in [-0.25, -0.2) is 4.85 Å². The molecule has 0 saturated heterocycles. The Bertz CT molecular complexity index is 976. The summed E-state index contributed by atoms with van der Waals surface area (Å²) in [5.41, 5.74) is 8.21. The van der Waals surface area contributed by atoms with Crippen LogP contribution in [0.1, 0.15) is 29.5 Å². The normalized spacial score (nSPS) is 10.6. The third-order valence-corrected chi connectivity index (χ3v) is 4.75. The minimum absolute atomic E-state index is 0.700. The van der Waals surface area contributed by atoms with E-state index in [4.69, 9.17) is 11.1 Å². The molecule has 1 heterocycles. The molecular formula is C22H23N3O. The van der Waals surface area contributed by atoms with Gasteiger partial charge < -0.3 is 9.42 Å². The number of aryl methyl sites for hydroxylation is 4. The molecule has 1 aromatic heterocycles. The van der Waals surface area contributed by atoms with Crippen molar-refractivity contribution in [3.63, 3.8) is 0 Å². The van der Waals surface area contributed by atoms with Crippen LogP contribution in [0.2, 0.25) is 0 Å². The number of rotatable bonds is 4. The molecule has 0 unspecified atom stereocenters. The Morgan fingerprint density at radius 1 is 1.04 bits per heavy atom. The first kappa shape index (κ1) is 17.8. The lowest BCUT2D eigenvalue weighted by Gasteiger charge is -2.26. The molecule has 0 aliphatic heterocycles. The van der Waals surface area contributed by atoms with Crippen LogP contribution in [0.25, 0.3) is 16.0 Å². The van der Waals surface area contributed by atoms with Crippen molar-refractivity contribution in [2.24, 2.45) is 0 Å². The van der Waals surface area contributed by atoms with Crippen LogP contribution in [0.3, 0.4) is 0 Å². The lowest BCUT2D eigenvalue weighted by Crippen LogP contribution is -2.17. The summed E-state index contributed by atoms with van der Waals surface area (Å²) in [6, 6.07) is 12.5. The van der Waals surface area contributed by atoms with Crippen LogP contribution < -0.4 is 4.90 Å². The SMILES string of the molecule is [C-]#[N+]c1ccc(N(CC)c2cc(-c3c(C)noc3C)ccc2C)cc1C. The van der Waals surface area contributed by atoms with E-state index in [2.05, 4.69) is 53.0 Å². The minimum Gasteiger partial charge on any atom is -0.361 e. The van der Waals surface area contributed by atoms with Gasteiger partial charge in [0.05, 0.1) is 12.3 Å². The summed E-state index contributed by atoms with van der Waals surface area (Å²) >= 11 is 0. The van der Waals surface area contributed by atoms with Crippen molar-refractivity contribution < 1.29 is 4.52 Å². The summed E-state index contributed by atoms with van der Waals surface area (Å²) in [4.78, 5) is 5.84. The summed E-state index contributed by atoms with van der Waals surface area (Å²) in [7, 11) is 0. The number of hydrogen-bond acceptors (Lipinski definition) is 3. The molecule has 0 N–H and O–H groups in total. The summed E-state index contributed by atoms with van der Waals surface area (Å²) in [5, 5.41) is 4.08. The molecule has 0 aliphatic carbocycles. The third-order valence-electron chi connectivity index (χ3n) is 4.75. The van der Waals surface area contributed by atoms with Crippen molar-refractivity contribution >= 4 is 17.1 Å². The van der Waals surface area contributed by atoms with E-state index in [-0.39, 0.29) is 0 Å². The zero-order valence-electron chi connectivity index (χ0n) is 15.9. The fraction of sp³-hybridized carbons (Fsp3) is 0.273. The van der Waals surface area contributed by atoms with E-state index in [1.54, 1.807) is 0 Å². The first-order valence-electron chi connectivity index (χ1n) is 8.75. The highest BCUT2D eigenvalue weighted by atomic mass is 16.5. The van der Waals surface area contributed by atoms with Crippen LogP contribution in [0, 0.1) is 34.3 Å². The molecule has 3 aromatic rings. The van der Waals surface area contributed by atoms with E-state index in [0.29, 0.717) is 5.69 Å². The van der Waals surface area contributed by atoms with Crippen LogP contribution in [0.5, 0.6) is 0 Å². The van der Waals surface area contributed by atoms with E-state index in [1.807, 2.05) is 32.9 Å². The number of nitrogens with zero attached hydrogens (tertiary/aromatic N) is 3. The van der Waals surface area contributed by atoms with E-state index >= 15 is 0 Å². The maximum atomic E-state index is 7.25. The van der Waals surface area contributed by atoms with Crippen molar-refractivity contribution in [3.8, 4) is 11.1 Å². The Balaban J connectivity index is 2.11. The van der Waals surface area contributed by atoms with Gasteiger partial charge in [-0.2, -0.15) is 0 Å². The summed E-state index contributed by atoms with van der Waals surface area (Å²) in [6.07, 6.45) is 0. The highest BCUT2D eigenvalue weighted by molar-refractivity contribution is 5.77. The topological polar surface area (TPSA) is 33.6 Å². The van der Waals surface area contributed by atoms with E-state index in [0.717, 1.165) is 46.1 Å². The van der Waals surface area contributed by atoms with Gasteiger partial charge in [0.2, 0.25) is 0 Å². The Morgan fingerprint density at radius 2 is 1.81 bits per heavy atom. The highest BCUT2D eigenvalue weighted by Gasteiger charge is 2.16. The largest absolute Gasteiger partial charge is 0.361 e. The van der Waals surface area contributed by atoms with Crippen molar-refractivity contribution in [3.05, 3.63) is 70.4 Å². The average Bonchev–Trinajstić information content (AvgIpc) is 2.96. The van der Waals surface area contributed by atoms with E-state index in [9.17, 15) is 0 Å². The Kier molecular flexibility index (Phi) is 4.81. The highest BCUT2D eigenvalue weighted by Crippen LogP contribution is 2.36. The Labute approximate surface area is 154 Å². The first-order valence-corrected chi connectivity index (χ1v) is 8.75. The van der Waals surface area contributed by atoms with E-state index in [1.165, 1.54) is 5.56 Å². The van der Waals surface area contributed by atoms with E-state index < -0.39 is 0 Å². The molecule has 0 atom stereocenters. The molecule has 0 aliphatic rings. The van der Waals surface area contributed by atoms with Gasteiger partial charge in [-0.3, -0.25) is 0 Å². The molecule has 4 nitrogen and oxygen atoms in total. The van der Waals surface area contributed by atoms with Crippen LogP contribution in [0.15, 0.2) is 40.9 Å². The van der Waals surface area contributed by atoms with Gasteiger partial charge in [0.25, 0.3) is 0 Å². The zero-order valence-corrected chi connectivity index (χ0v) is 15.9. The molecule has 26 heavy (non-hydrogen) atoms. The average molecular weight is 345 g/mol. The fourth-order valence-electron chi connectivity index (χ4n) is 3.38. The molecule has 0 spiro atoms. The molecule has 4 heteroatoms. The molecule has 2 aromatic carbocycles. The molecule has 3 rings (SSSR count). The molecule has 0 saturated carbocycles. The predicted octanol–water partition coefficient (Wildman–Crippen LogP) is 6.28. The maximum absolute atomic E-state index is 7.25. The molecular weight excluding hydrogens is 322 g/mol. The zero-order chi connectivity index (χ0) is 18.8. The van der Waals surface area contributed by atoms with Gasteiger partial charge in [0.15, 0.2) is 5.69 Å². The quantitative estimate of drug-likeness (QED) is 0.521. The molecule has 0 bridgehead atoms. The number of benzene rings is 2. The van der Waals surface area contributed by atoms with Gasteiger partial charge in [0, 0.05) is 23.5 Å². The molecule has 132 valence electrons. The lowest BCUT2D eigenvalue weighted by molar-refractivity contribution is 0.393. The van der Waals surface area contributed by atoms with Crippen LogP contribution in [-0.4, -0.2) is 11.7 Å². The summed E-state index contributed by atoms with van der Waals surface area (Å²) in [6.45, 7) is 18.2. The standard InChI is InChI=1S/C22H23N3O/c1-7-25(19-10-11-20(23-6)15(3)12-19)21-13-18(9-8-14(21)2)22-16(4)24-26-17(22)5/h8-13H,7H2,1-5H3. The number of hydrogen-bond donors (Lipinski definition) is 0. The van der Waals surface area contributed by atoms with Crippen LogP contribution in [0.4, 0.5) is 17.1 Å². The van der Waals surface area contributed by atoms with Crippen molar-refractivity contribution in [1.29, 1.82) is 0 Å². The molecule has 0 fully saturated rings. The van der Waals surface area contributed by atoms with Crippen molar-refractivity contribution in [2.45, 2.75) is 34.6 Å². The third kappa shape index (κ3) is 3.09. The maximum Gasteiger partial charge on any atom is 0.190 e. The second kappa shape index (κ2) is 7.05. The summed E-state index contributed by atoms with van der Waals surface area (Å²) < 4.78 is 5.34. The molecule has 0 amide bonds. The Hall–Kier alpha value is -3.06. The Morgan fingerprint density at radius 3 is 2.38 bits per heavy atom.